The van der Waals surface area contributed by atoms with Crippen LogP contribution in [0.1, 0.15) is 74.3 Å². The monoisotopic (exact) mass is 1020 g/mol. The molecule has 0 saturated carbocycles. The highest BCUT2D eigenvalue weighted by atomic mass is 79.9. The van der Waals surface area contributed by atoms with Crippen molar-refractivity contribution in [3.63, 3.8) is 0 Å². The molecule has 1 aliphatic carbocycles. The second-order valence-corrected chi connectivity index (χ2v) is 20.4. The third-order valence-corrected chi connectivity index (χ3v) is 14.1. The minimum absolute atomic E-state index is 0. The van der Waals surface area contributed by atoms with Crippen LogP contribution in [0.25, 0.3) is 11.1 Å². The number of nitrogens with one attached hydrogen (secondary N) is 2. The lowest BCUT2D eigenvalue weighted by Gasteiger charge is -2.34. The summed E-state index contributed by atoms with van der Waals surface area (Å²) in [4.78, 5) is 50.4. The third kappa shape index (κ3) is 10.4. The number of amides is 1. The van der Waals surface area contributed by atoms with Crippen LogP contribution in [0.4, 0.5) is 28.8 Å². The third-order valence-electron chi connectivity index (χ3n) is 13.7. The molecular weight excluding hydrogens is 955 g/mol. The first-order valence-corrected chi connectivity index (χ1v) is 24.0. The lowest BCUT2D eigenvalue weighted by molar-refractivity contribution is -0.0592. The summed E-state index contributed by atoms with van der Waals surface area (Å²) in [5.74, 6) is 1.96. The van der Waals surface area contributed by atoms with Gasteiger partial charge in [0, 0.05) is 106 Å². The van der Waals surface area contributed by atoms with Gasteiger partial charge >= 0.3 is 0 Å². The lowest BCUT2D eigenvalue weighted by Crippen LogP contribution is -2.46. The average Bonchev–Trinajstić information content (AvgIpc) is 3.96. The van der Waals surface area contributed by atoms with Crippen molar-refractivity contribution in [1.29, 1.82) is 0 Å². The maximum atomic E-state index is 13.9. The van der Waals surface area contributed by atoms with Gasteiger partial charge in [-0.05, 0) is 90.1 Å². The molecule has 6 aromatic heterocycles. The Morgan fingerprint density at radius 1 is 0.771 bits per heavy atom. The largest absolute Gasteiger partial charge is 0.378 e. The molecule has 3 aliphatic heterocycles. The molecule has 376 valence electrons. The van der Waals surface area contributed by atoms with Gasteiger partial charge in [-0.1, -0.05) is 35.6 Å². The van der Waals surface area contributed by atoms with E-state index in [-0.39, 0.29) is 37.3 Å². The predicted octanol–water partition coefficient (Wildman–Crippen LogP) is 6.63. The molecule has 2 saturated heterocycles. The number of rotatable bonds is 13. The summed E-state index contributed by atoms with van der Waals surface area (Å²) < 4.78 is 20.4. The minimum Gasteiger partial charge on any atom is -0.378 e. The Morgan fingerprint density at radius 3 is 1.87 bits per heavy atom. The highest BCUT2D eigenvalue weighted by Crippen LogP contribution is 2.40. The SMILES string of the molecule is C.C.CCc1c(-c2cc(Nc3cc(CN(C)C4COC4)n(C)n3)c(=O)n(C)c2)ccnc1N1CCn2c(cc3c2CC(C)(C)C3)C1=O.CN(Cc1cc(Nc2cc(Br)cn(C)c2=O)nn1C)C1COC1. The summed E-state index contributed by atoms with van der Waals surface area (Å²) >= 11 is 3.40. The molecule has 0 spiro atoms. The van der Waals surface area contributed by atoms with Gasteiger partial charge < -0.3 is 33.8 Å². The maximum Gasteiger partial charge on any atom is 0.276 e. The van der Waals surface area contributed by atoms with Crippen LogP contribution in [0.5, 0.6) is 0 Å². The predicted molar refractivity (Wildman–Crippen MR) is 280 cm³/mol. The van der Waals surface area contributed by atoms with Crippen molar-refractivity contribution in [3.8, 4) is 11.1 Å². The van der Waals surface area contributed by atoms with E-state index in [4.69, 9.17) is 14.5 Å². The molecule has 2 N–H and O–H groups in total. The Balaban J connectivity index is 0.000000244. The fraction of sp³-hybridized carbons (Fsp3) is 0.490. The first kappa shape index (κ1) is 52.0. The van der Waals surface area contributed by atoms with E-state index in [9.17, 15) is 14.4 Å². The number of aryl methyl sites for hydroxylation is 4. The smallest absolute Gasteiger partial charge is 0.276 e. The lowest BCUT2D eigenvalue weighted by atomic mass is 9.90. The van der Waals surface area contributed by atoms with Crippen LogP contribution >= 0.6 is 15.9 Å². The van der Waals surface area contributed by atoms with E-state index in [0.717, 1.165) is 97.1 Å². The minimum atomic E-state index is -0.148. The molecule has 19 heteroatoms. The topological polar surface area (TPSA) is 167 Å². The van der Waals surface area contributed by atoms with Crippen molar-refractivity contribution in [1.82, 2.24) is 48.0 Å². The van der Waals surface area contributed by atoms with Crippen molar-refractivity contribution in [2.45, 2.75) is 86.6 Å². The summed E-state index contributed by atoms with van der Waals surface area (Å²) in [5, 5.41) is 15.5. The van der Waals surface area contributed by atoms with Gasteiger partial charge in [0.15, 0.2) is 11.6 Å². The number of pyridine rings is 3. The van der Waals surface area contributed by atoms with Gasteiger partial charge in [0.05, 0.1) is 49.9 Å². The molecular formula is C51H70BrN13O5. The van der Waals surface area contributed by atoms with Crippen LogP contribution in [-0.2, 0) is 76.6 Å². The standard InChI is InChI=1S/C34H42N8O3.C15H20BrN5O2.2CH4/c1-7-25-26(8-9-35-31(25)42-11-10-41-28(33(42)44)13-21-15-34(2,3)16-29(21)41)22-12-27(32(43)39(5)17-22)36-30-14-23(40(6)37-30)18-38(4)24-19-45-20-24;1-19(12-8-23-9-12)7-11-5-14(18-21(11)3)17-13-4-10(16)6-20(2)15(13)22;;/h8-9,12-14,17,24H,7,10-11,15-16,18-20H2,1-6H3,(H,36,37);4-6,12H,7-9H2,1-3H3,(H,17,18);2*1H4. The summed E-state index contributed by atoms with van der Waals surface area (Å²) in [6.45, 7) is 12.6. The summed E-state index contributed by atoms with van der Waals surface area (Å²) in [6, 6.07) is 12.5. The number of ether oxygens (including phenoxy) is 2. The Bertz CT molecular complexity index is 2990. The molecule has 0 atom stereocenters. The number of fused-ring (bicyclic) bond motifs is 3. The first-order valence-electron chi connectivity index (χ1n) is 23.2. The Kier molecular flexibility index (Phi) is 15.5. The van der Waals surface area contributed by atoms with Crippen molar-refractivity contribution < 1.29 is 14.3 Å². The van der Waals surface area contributed by atoms with Crippen LogP contribution < -0.4 is 26.7 Å². The van der Waals surface area contributed by atoms with E-state index in [1.165, 1.54) is 15.8 Å². The number of aromatic nitrogens is 8. The molecule has 1 amide bonds. The molecule has 18 nitrogen and oxygen atoms in total. The molecule has 70 heavy (non-hydrogen) atoms. The number of carbonyl (C=O) groups is 1. The number of halogens is 1. The number of nitrogens with zero attached hydrogens (tertiary/aromatic N) is 11. The van der Waals surface area contributed by atoms with Gasteiger partial charge in [-0.3, -0.25) is 38.4 Å². The van der Waals surface area contributed by atoms with Gasteiger partial charge in [0.25, 0.3) is 17.0 Å². The summed E-state index contributed by atoms with van der Waals surface area (Å²) in [7, 11) is 11.5. The number of hydrogen-bond acceptors (Lipinski definition) is 12. The van der Waals surface area contributed by atoms with E-state index < -0.39 is 0 Å². The molecule has 6 aromatic rings. The summed E-state index contributed by atoms with van der Waals surface area (Å²) in [5.41, 5.74) is 9.21. The van der Waals surface area contributed by atoms with Crippen LogP contribution in [0.15, 0.2) is 69.1 Å². The highest BCUT2D eigenvalue weighted by molar-refractivity contribution is 9.10. The van der Waals surface area contributed by atoms with Crippen LogP contribution in [0.2, 0.25) is 0 Å². The van der Waals surface area contributed by atoms with Gasteiger partial charge in [-0.15, -0.1) is 0 Å². The molecule has 4 aliphatic rings. The fourth-order valence-electron chi connectivity index (χ4n) is 9.59. The average molecular weight is 1030 g/mol. The van der Waals surface area contributed by atoms with Crippen molar-refractivity contribution in [3.05, 3.63) is 114 Å². The molecule has 10 rings (SSSR count). The number of hydrogen-bond donors (Lipinski definition) is 2. The van der Waals surface area contributed by atoms with Gasteiger partial charge in [-0.2, -0.15) is 10.2 Å². The summed E-state index contributed by atoms with van der Waals surface area (Å²) in [6.07, 6.45) is 8.02. The Hall–Kier alpha value is -5.86. The molecule has 0 unspecified atom stereocenters. The van der Waals surface area contributed by atoms with Crippen LogP contribution in [-0.4, -0.2) is 113 Å². The zero-order chi connectivity index (χ0) is 48.2. The molecule has 9 heterocycles. The molecule has 0 aromatic carbocycles. The van der Waals surface area contributed by atoms with Crippen molar-refractivity contribution in [2.75, 3.05) is 62.6 Å². The van der Waals surface area contributed by atoms with Crippen molar-refractivity contribution >= 4 is 50.7 Å². The number of likely N-dealkylation sites (N-methyl/N-ethyl adjacent to an activating group) is 2. The van der Waals surface area contributed by atoms with E-state index in [0.29, 0.717) is 53.9 Å². The quantitative estimate of drug-likeness (QED) is 0.127. The maximum absolute atomic E-state index is 13.9. The van der Waals surface area contributed by atoms with Gasteiger partial charge in [0.1, 0.15) is 22.9 Å². The molecule has 0 radical (unpaired) electrons. The fourth-order valence-corrected chi connectivity index (χ4v) is 10.1. The zero-order valence-electron chi connectivity index (χ0n) is 40.5. The normalized spacial score (nSPS) is 16.2. The van der Waals surface area contributed by atoms with E-state index in [2.05, 4.69) is 92.1 Å². The van der Waals surface area contributed by atoms with Gasteiger partial charge in [-0.25, -0.2) is 4.98 Å². The highest BCUT2D eigenvalue weighted by Gasteiger charge is 2.37. The second-order valence-electron chi connectivity index (χ2n) is 19.4. The zero-order valence-corrected chi connectivity index (χ0v) is 42.1. The first-order chi connectivity index (χ1) is 32.5. The van der Waals surface area contributed by atoms with E-state index in [1.807, 2.05) is 58.8 Å². The second kappa shape index (κ2) is 20.8. The Morgan fingerprint density at radius 2 is 1.33 bits per heavy atom. The van der Waals surface area contributed by atoms with Crippen molar-refractivity contribution in [2.24, 2.45) is 33.6 Å². The number of anilines is 5. The number of carbonyl (C=O) groups excluding carboxylic acids is 1. The molecule has 0 bridgehead atoms. The van der Waals surface area contributed by atoms with Gasteiger partial charge in [0.2, 0.25) is 0 Å². The van der Waals surface area contributed by atoms with E-state index in [1.54, 1.807) is 37.1 Å². The van der Waals surface area contributed by atoms with E-state index >= 15 is 0 Å². The Labute approximate surface area is 419 Å². The van der Waals surface area contributed by atoms with Crippen LogP contribution in [0, 0.1) is 5.41 Å². The van der Waals surface area contributed by atoms with Crippen LogP contribution in [0.3, 0.4) is 0 Å². The molecule has 2 fully saturated rings.